The highest BCUT2D eigenvalue weighted by Crippen LogP contribution is 2.25. The Hall–Kier alpha value is -2.74. The van der Waals surface area contributed by atoms with E-state index in [0.717, 1.165) is 16.1 Å². The number of carbonyl (C=O) groups excluding carboxylic acids is 1. The molecule has 0 heterocycles. The molecule has 1 atom stereocenters. The molecule has 1 amide bonds. The topological polar surface area (TPSA) is 84.9 Å². The van der Waals surface area contributed by atoms with Crippen LogP contribution in [0.4, 0.5) is 5.69 Å². The first kappa shape index (κ1) is 23.5. The van der Waals surface area contributed by atoms with E-state index in [4.69, 9.17) is 9.47 Å². The maximum atomic E-state index is 12.8. The molecule has 0 aromatic heterocycles. The van der Waals surface area contributed by atoms with Crippen LogP contribution in [0.3, 0.4) is 0 Å². The van der Waals surface area contributed by atoms with Gasteiger partial charge in [0.15, 0.2) is 0 Å². The minimum atomic E-state index is -3.68. The number of anilines is 1. The van der Waals surface area contributed by atoms with E-state index in [1.165, 1.54) is 0 Å². The molecule has 2 aromatic carbocycles. The summed E-state index contributed by atoms with van der Waals surface area (Å²) in [6.07, 6.45) is 1.42. The van der Waals surface area contributed by atoms with E-state index >= 15 is 0 Å². The molecule has 1 unspecified atom stereocenters. The van der Waals surface area contributed by atoms with Gasteiger partial charge in [0.05, 0.1) is 25.1 Å². The summed E-state index contributed by atoms with van der Waals surface area (Å²) in [7, 11) is -3.68. The van der Waals surface area contributed by atoms with Crippen molar-refractivity contribution in [2.24, 2.45) is 0 Å². The van der Waals surface area contributed by atoms with Gasteiger partial charge in [-0.15, -0.1) is 0 Å². The van der Waals surface area contributed by atoms with Gasteiger partial charge in [0, 0.05) is 0 Å². The highest BCUT2D eigenvalue weighted by atomic mass is 32.2. The van der Waals surface area contributed by atoms with Crippen LogP contribution in [0.15, 0.2) is 48.5 Å². The Morgan fingerprint density at radius 2 is 1.57 bits per heavy atom. The number of benzene rings is 2. The molecule has 8 heteroatoms. The zero-order valence-corrected chi connectivity index (χ0v) is 18.7. The third-order valence-electron chi connectivity index (χ3n) is 4.42. The van der Waals surface area contributed by atoms with Crippen LogP contribution in [0.1, 0.15) is 25.8 Å². The number of sulfonamides is 1. The van der Waals surface area contributed by atoms with Gasteiger partial charge in [0.25, 0.3) is 0 Å². The lowest BCUT2D eigenvalue weighted by Gasteiger charge is -2.30. The molecule has 2 rings (SSSR count). The summed E-state index contributed by atoms with van der Waals surface area (Å²) in [4.78, 5) is 12.8. The third-order valence-corrected chi connectivity index (χ3v) is 5.60. The molecule has 0 spiro atoms. The number of amides is 1. The Morgan fingerprint density at radius 1 is 1.00 bits per heavy atom. The Balaban J connectivity index is 2.04. The Kier molecular flexibility index (Phi) is 8.53. The smallest absolute Gasteiger partial charge is 0.244 e. The van der Waals surface area contributed by atoms with Gasteiger partial charge in [-0.25, -0.2) is 8.42 Å². The average Bonchev–Trinajstić information content (AvgIpc) is 2.70. The van der Waals surface area contributed by atoms with E-state index in [2.05, 4.69) is 5.32 Å². The van der Waals surface area contributed by atoms with E-state index in [0.29, 0.717) is 30.2 Å². The second-order valence-electron chi connectivity index (χ2n) is 6.86. The van der Waals surface area contributed by atoms with E-state index in [9.17, 15) is 13.2 Å². The number of hydrogen-bond donors (Lipinski definition) is 1. The molecule has 0 saturated carbocycles. The molecule has 7 nitrogen and oxygen atoms in total. The largest absolute Gasteiger partial charge is 0.494 e. The van der Waals surface area contributed by atoms with Gasteiger partial charge in [-0.05, 0) is 56.7 Å². The summed E-state index contributed by atoms with van der Waals surface area (Å²) in [6.45, 7) is 6.71. The molecular formula is C22H30N2O5S. The number of rotatable bonds is 11. The third kappa shape index (κ3) is 6.66. The first-order valence-electron chi connectivity index (χ1n) is 9.95. The van der Waals surface area contributed by atoms with Crippen molar-refractivity contribution >= 4 is 21.6 Å². The monoisotopic (exact) mass is 434 g/mol. The second kappa shape index (κ2) is 10.9. The fourth-order valence-corrected chi connectivity index (χ4v) is 4.22. The van der Waals surface area contributed by atoms with Gasteiger partial charge in [0.2, 0.25) is 15.9 Å². The number of ether oxygens (including phenoxy) is 2. The summed E-state index contributed by atoms with van der Waals surface area (Å²) < 4.78 is 37.1. The molecule has 30 heavy (non-hydrogen) atoms. The molecule has 0 saturated heterocycles. The number of nitrogens with one attached hydrogen (secondary N) is 1. The lowest BCUT2D eigenvalue weighted by Crippen LogP contribution is -2.50. The van der Waals surface area contributed by atoms with Gasteiger partial charge in [-0.2, -0.15) is 0 Å². The summed E-state index contributed by atoms with van der Waals surface area (Å²) in [5.41, 5.74) is 1.55. The van der Waals surface area contributed by atoms with Crippen LogP contribution < -0.4 is 19.1 Å². The molecule has 2 aromatic rings. The van der Waals surface area contributed by atoms with Gasteiger partial charge in [0.1, 0.15) is 24.1 Å². The number of nitrogens with zero attached hydrogens (tertiary/aromatic N) is 1. The van der Waals surface area contributed by atoms with E-state index in [1.807, 2.05) is 38.1 Å². The van der Waals surface area contributed by atoms with Crippen LogP contribution >= 0.6 is 0 Å². The van der Waals surface area contributed by atoms with Crippen molar-refractivity contribution in [1.82, 2.24) is 5.32 Å². The molecule has 0 bridgehead atoms. The predicted octanol–water partition coefficient (Wildman–Crippen LogP) is 3.13. The van der Waals surface area contributed by atoms with Crippen LogP contribution in [0.2, 0.25) is 0 Å². The minimum absolute atomic E-state index is 0.268. The molecular weight excluding hydrogens is 404 g/mol. The van der Waals surface area contributed by atoms with Crippen LogP contribution in [-0.4, -0.2) is 46.4 Å². The highest BCUT2D eigenvalue weighted by molar-refractivity contribution is 7.92. The van der Waals surface area contributed by atoms with E-state index < -0.39 is 16.1 Å². The molecule has 0 aliphatic heterocycles. The second-order valence-corrected chi connectivity index (χ2v) is 8.72. The van der Waals surface area contributed by atoms with Crippen molar-refractivity contribution in [3.8, 4) is 11.5 Å². The maximum Gasteiger partial charge on any atom is 0.244 e. The lowest BCUT2D eigenvalue weighted by molar-refractivity contribution is -0.122. The number of hydrogen-bond acceptors (Lipinski definition) is 5. The normalized spacial score (nSPS) is 12.1. The summed E-state index contributed by atoms with van der Waals surface area (Å²) >= 11 is 0. The van der Waals surface area contributed by atoms with Gasteiger partial charge in [-0.3, -0.25) is 9.10 Å². The van der Waals surface area contributed by atoms with Gasteiger partial charge >= 0.3 is 0 Å². The van der Waals surface area contributed by atoms with Crippen molar-refractivity contribution in [3.63, 3.8) is 0 Å². The zero-order chi connectivity index (χ0) is 22.1. The highest BCUT2D eigenvalue weighted by Gasteiger charge is 2.31. The van der Waals surface area contributed by atoms with Gasteiger partial charge < -0.3 is 14.8 Å². The SMILES string of the molecule is CCOc1ccc(N(C(CC)C(=O)NCCOc2ccc(C)cc2)S(C)(=O)=O)cc1. The first-order valence-corrected chi connectivity index (χ1v) is 11.8. The molecule has 0 fully saturated rings. The quantitative estimate of drug-likeness (QED) is 0.549. The van der Waals surface area contributed by atoms with E-state index in [-0.39, 0.29) is 19.1 Å². The van der Waals surface area contributed by atoms with Crippen molar-refractivity contribution in [3.05, 3.63) is 54.1 Å². The van der Waals surface area contributed by atoms with Crippen molar-refractivity contribution in [2.45, 2.75) is 33.2 Å². The molecule has 0 aliphatic carbocycles. The van der Waals surface area contributed by atoms with Crippen LogP contribution in [-0.2, 0) is 14.8 Å². The molecule has 164 valence electrons. The summed E-state index contributed by atoms with van der Waals surface area (Å²) in [6, 6.07) is 13.4. The van der Waals surface area contributed by atoms with Crippen molar-refractivity contribution in [1.29, 1.82) is 0 Å². The predicted molar refractivity (Wildman–Crippen MR) is 119 cm³/mol. The Bertz CT molecular complexity index is 912. The van der Waals surface area contributed by atoms with Crippen LogP contribution in [0.5, 0.6) is 11.5 Å². The number of carbonyl (C=O) groups is 1. The van der Waals surface area contributed by atoms with E-state index in [1.54, 1.807) is 31.2 Å². The van der Waals surface area contributed by atoms with Crippen LogP contribution in [0, 0.1) is 6.92 Å². The molecule has 0 radical (unpaired) electrons. The first-order chi connectivity index (χ1) is 14.3. The Labute approximate surface area is 179 Å². The minimum Gasteiger partial charge on any atom is -0.494 e. The fourth-order valence-electron chi connectivity index (χ4n) is 3.01. The lowest BCUT2D eigenvalue weighted by atomic mass is 10.2. The summed E-state index contributed by atoms with van der Waals surface area (Å²) in [5, 5.41) is 2.77. The summed E-state index contributed by atoms with van der Waals surface area (Å²) in [5.74, 6) is 0.985. The standard InChI is InChI=1S/C22H30N2O5S/c1-5-21(22(25)23-15-16-29-20-11-7-17(3)8-12-20)24(30(4,26)27)18-9-13-19(14-10-18)28-6-2/h7-14,21H,5-6,15-16H2,1-4H3,(H,23,25). The zero-order valence-electron chi connectivity index (χ0n) is 17.9. The molecule has 1 N–H and O–H groups in total. The van der Waals surface area contributed by atoms with Gasteiger partial charge in [-0.1, -0.05) is 24.6 Å². The van der Waals surface area contributed by atoms with Crippen LogP contribution in [0.25, 0.3) is 0 Å². The van der Waals surface area contributed by atoms with Crippen molar-refractivity contribution in [2.75, 3.05) is 30.3 Å². The van der Waals surface area contributed by atoms with Crippen molar-refractivity contribution < 1.29 is 22.7 Å². The number of aryl methyl sites for hydroxylation is 1. The maximum absolute atomic E-state index is 12.8. The average molecular weight is 435 g/mol. The fraction of sp³-hybridized carbons (Fsp3) is 0.409. The molecule has 0 aliphatic rings. The Morgan fingerprint density at radius 3 is 2.10 bits per heavy atom.